The van der Waals surface area contributed by atoms with Crippen LogP contribution < -0.4 is 11.1 Å². The summed E-state index contributed by atoms with van der Waals surface area (Å²) in [4.78, 5) is 11.9. The highest BCUT2D eigenvalue weighted by Crippen LogP contribution is 2.24. The van der Waals surface area contributed by atoms with Crippen molar-refractivity contribution < 1.29 is 4.79 Å². The Labute approximate surface area is 116 Å². The van der Waals surface area contributed by atoms with Gasteiger partial charge in [-0.05, 0) is 23.3 Å². The first-order valence-electron chi connectivity index (χ1n) is 6.88. The molecule has 1 aromatic carbocycles. The van der Waals surface area contributed by atoms with Crippen LogP contribution in [0.3, 0.4) is 0 Å². The van der Waals surface area contributed by atoms with Gasteiger partial charge in [-0.15, -0.1) is 0 Å². The lowest BCUT2D eigenvalue weighted by atomic mass is 9.82. The second-order valence-electron chi connectivity index (χ2n) is 6.31. The van der Waals surface area contributed by atoms with E-state index in [2.05, 4.69) is 33.0 Å². The Balaban J connectivity index is 2.41. The van der Waals surface area contributed by atoms with Gasteiger partial charge in [0.15, 0.2) is 0 Å². The smallest absolute Gasteiger partial charge is 0.237 e. The van der Waals surface area contributed by atoms with Crippen molar-refractivity contribution in [3.05, 3.63) is 35.9 Å². The van der Waals surface area contributed by atoms with E-state index in [4.69, 9.17) is 5.73 Å². The van der Waals surface area contributed by atoms with Crippen molar-refractivity contribution in [1.82, 2.24) is 5.32 Å². The summed E-state index contributed by atoms with van der Waals surface area (Å²) in [6.07, 6.45) is 0.580. The van der Waals surface area contributed by atoms with Crippen LogP contribution in [0.2, 0.25) is 0 Å². The Morgan fingerprint density at radius 1 is 1.26 bits per heavy atom. The molecule has 3 nitrogen and oxygen atoms in total. The fraction of sp³-hybridized carbons (Fsp3) is 0.562. The van der Waals surface area contributed by atoms with Crippen LogP contribution in [0.1, 0.15) is 33.3 Å². The molecule has 0 aliphatic carbocycles. The molecule has 0 heterocycles. The van der Waals surface area contributed by atoms with Crippen molar-refractivity contribution in [3.8, 4) is 0 Å². The molecule has 19 heavy (non-hydrogen) atoms. The van der Waals surface area contributed by atoms with E-state index in [1.807, 2.05) is 30.3 Å². The molecule has 2 atom stereocenters. The maximum absolute atomic E-state index is 11.9. The number of nitrogens with two attached hydrogens (primary N) is 1. The quantitative estimate of drug-likeness (QED) is 0.856. The number of nitrogens with one attached hydrogen (secondary N) is 1. The van der Waals surface area contributed by atoms with Crippen LogP contribution in [0.4, 0.5) is 0 Å². The summed E-state index contributed by atoms with van der Waals surface area (Å²) in [5, 5.41) is 2.95. The highest BCUT2D eigenvalue weighted by molar-refractivity contribution is 5.81. The second kappa shape index (κ2) is 6.71. The first-order chi connectivity index (χ1) is 8.80. The van der Waals surface area contributed by atoms with Crippen molar-refractivity contribution >= 4 is 5.91 Å². The molecule has 3 heteroatoms. The van der Waals surface area contributed by atoms with Crippen molar-refractivity contribution in [1.29, 1.82) is 0 Å². The highest BCUT2D eigenvalue weighted by atomic mass is 16.2. The van der Waals surface area contributed by atoms with E-state index in [1.54, 1.807) is 0 Å². The lowest BCUT2D eigenvalue weighted by Gasteiger charge is -2.27. The lowest BCUT2D eigenvalue weighted by molar-refractivity contribution is -0.122. The molecule has 3 N–H and O–H groups in total. The summed E-state index contributed by atoms with van der Waals surface area (Å²) < 4.78 is 0. The number of rotatable bonds is 5. The van der Waals surface area contributed by atoms with Gasteiger partial charge in [0, 0.05) is 6.54 Å². The van der Waals surface area contributed by atoms with Crippen molar-refractivity contribution in [2.24, 2.45) is 17.1 Å². The van der Waals surface area contributed by atoms with Crippen LogP contribution in [0, 0.1) is 11.3 Å². The van der Waals surface area contributed by atoms with E-state index < -0.39 is 6.04 Å². The van der Waals surface area contributed by atoms with Gasteiger partial charge in [0.25, 0.3) is 0 Å². The summed E-state index contributed by atoms with van der Waals surface area (Å²) in [5.74, 6) is 0.348. The van der Waals surface area contributed by atoms with Crippen LogP contribution in [0.25, 0.3) is 0 Å². The lowest BCUT2D eigenvalue weighted by Crippen LogP contribution is -2.44. The van der Waals surface area contributed by atoms with Gasteiger partial charge < -0.3 is 11.1 Å². The molecule has 1 rings (SSSR count). The Morgan fingerprint density at radius 3 is 2.37 bits per heavy atom. The van der Waals surface area contributed by atoms with Crippen molar-refractivity contribution in [2.45, 2.75) is 40.2 Å². The van der Waals surface area contributed by atoms with Gasteiger partial charge in [-0.1, -0.05) is 58.0 Å². The highest BCUT2D eigenvalue weighted by Gasteiger charge is 2.21. The third-order valence-electron chi connectivity index (χ3n) is 3.70. The fourth-order valence-corrected chi connectivity index (χ4v) is 1.65. The van der Waals surface area contributed by atoms with Gasteiger partial charge >= 0.3 is 0 Å². The molecule has 0 aromatic heterocycles. The Hall–Kier alpha value is -1.35. The molecule has 0 aliphatic rings. The third-order valence-corrected chi connectivity index (χ3v) is 3.70. The summed E-state index contributed by atoms with van der Waals surface area (Å²) in [7, 11) is 0. The monoisotopic (exact) mass is 262 g/mol. The van der Waals surface area contributed by atoms with E-state index in [-0.39, 0.29) is 11.3 Å². The molecule has 0 fully saturated rings. The zero-order valence-corrected chi connectivity index (χ0v) is 12.4. The standard InChI is InChI=1S/C16H26N2O/c1-12(16(2,3)4)11-18-15(19)14(17)10-13-8-6-5-7-9-13/h5-9,12,14H,10-11,17H2,1-4H3,(H,18,19)/t12?,14-/m1/s1. The maximum atomic E-state index is 11.9. The van der Waals surface area contributed by atoms with Gasteiger partial charge in [-0.3, -0.25) is 4.79 Å². The topological polar surface area (TPSA) is 55.1 Å². The third kappa shape index (κ3) is 5.43. The molecule has 1 unspecified atom stereocenters. The molecule has 1 amide bonds. The predicted octanol–water partition coefficient (Wildman–Crippen LogP) is 2.35. The Morgan fingerprint density at radius 2 is 1.84 bits per heavy atom. The maximum Gasteiger partial charge on any atom is 0.237 e. The molecule has 0 aliphatic heterocycles. The normalized spacial score (nSPS) is 14.8. The molecule has 0 bridgehead atoms. The van der Waals surface area contributed by atoms with E-state index in [0.717, 1.165) is 5.56 Å². The van der Waals surface area contributed by atoms with Gasteiger partial charge in [-0.25, -0.2) is 0 Å². The SMILES string of the molecule is CC(CNC(=O)[C@H](N)Cc1ccccc1)C(C)(C)C. The minimum atomic E-state index is -0.477. The molecule has 0 saturated heterocycles. The number of amides is 1. The number of carbonyl (C=O) groups excluding carboxylic acids is 1. The zero-order valence-electron chi connectivity index (χ0n) is 12.4. The van der Waals surface area contributed by atoms with Gasteiger partial charge in [0.05, 0.1) is 6.04 Å². The van der Waals surface area contributed by atoms with Gasteiger partial charge in [-0.2, -0.15) is 0 Å². The Bertz CT molecular complexity index is 395. The minimum Gasteiger partial charge on any atom is -0.354 e. The van der Waals surface area contributed by atoms with Crippen LogP contribution in [0.15, 0.2) is 30.3 Å². The average molecular weight is 262 g/mol. The summed E-state index contributed by atoms with van der Waals surface area (Å²) in [6, 6.07) is 9.38. The molecule has 1 aromatic rings. The molecule has 0 spiro atoms. The van der Waals surface area contributed by atoms with Gasteiger partial charge in [0.1, 0.15) is 0 Å². The number of carbonyl (C=O) groups is 1. The van der Waals surface area contributed by atoms with E-state index in [1.165, 1.54) is 0 Å². The summed E-state index contributed by atoms with van der Waals surface area (Å²) in [5.41, 5.74) is 7.22. The van der Waals surface area contributed by atoms with Crippen LogP contribution >= 0.6 is 0 Å². The van der Waals surface area contributed by atoms with Crippen molar-refractivity contribution in [2.75, 3.05) is 6.54 Å². The first kappa shape index (κ1) is 15.7. The molecule has 0 saturated carbocycles. The predicted molar refractivity (Wildman–Crippen MR) is 79.8 cm³/mol. The molecular formula is C16H26N2O. The van der Waals surface area contributed by atoms with Crippen LogP contribution in [0.5, 0.6) is 0 Å². The largest absolute Gasteiger partial charge is 0.354 e. The number of hydrogen-bond donors (Lipinski definition) is 2. The van der Waals surface area contributed by atoms with E-state index in [0.29, 0.717) is 18.9 Å². The van der Waals surface area contributed by atoms with Gasteiger partial charge in [0.2, 0.25) is 5.91 Å². The Kier molecular flexibility index (Phi) is 5.55. The van der Waals surface area contributed by atoms with Crippen LogP contribution in [-0.2, 0) is 11.2 Å². The number of hydrogen-bond acceptors (Lipinski definition) is 2. The first-order valence-corrected chi connectivity index (χ1v) is 6.88. The average Bonchev–Trinajstić information content (AvgIpc) is 2.35. The van der Waals surface area contributed by atoms with E-state index in [9.17, 15) is 4.79 Å². The zero-order chi connectivity index (χ0) is 14.5. The van der Waals surface area contributed by atoms with E-state index >= 15 is 0 Å². The second-order valence-corrected chi connectivity index (χ2v) is 6.31. The summed E-state index contributed by atoms with van der Waals surface area (Å²) in [6.45, 7) is 9.34. The molecule has 0 radical (unpaired) electrons. The fourth-order valence-electron chi connectivity index (χ4n) is 1.65. The molecule has 106 valence electrons. The minimum absolute atomic E-state index is 0.0695. The summed E-state index contributed by atoms with van der Waals surface area (Å²) >= 11 is 0. The number of benzene rings is 1. The van der Waals surface area contributed by atoms with Crippen LogP contribution in [-0.4, -0.2) is 18.5 Å². The van der Waals surface area contributed by atoms with Crippen molar-refractivity contribution in [3.63, 3.8) is 0 Å². The molecular weight excluding hydrogens is 236 g/mol.